The lowest BCUT2D eigenvalue weighted by atomic mass is 10.2. The molecule has 1 atom stereocenters. The van der Waals surface area contributed by atoms with E-state index in [0.29, 0.717) is 18.0 Å². The van der Waals surface area contributed by atoms with Crippen LogP contribution in [0.15, 0.2) is 59.5 Å². The third-order valence-corrected chi connectivity index (χ3v) is 6.90. The first-order valence-corrected chi connectivity index (χ1v) is 11.3. The molecule has 1 aliphatic heterocycles. The molecule has 1 heterocycles. The fraction of sp³-hybridized carbons (Fsp3) is 0.316. The van der Waals surface area contributed by atoms with Crippen LogP contribution in [0.1, 0.15) is 6.92 Å². The van der Waals surface area contributed by atoms with Crippen molar-refractivity contribution in [2.45, 2.75) is 17.9 Å². The Bertz CT molecular complexity index is 888. The number of nitrogens with zero attached hydrogens (tertiary/aromatic N) is 1. The Morgan fingerprint density at radius 3 is 2.63 bits per heavy atom. The van der Waals surface area contributed by atoms with Gasteiger partial charge in [0.25, 0.3) is 5.91 Å². The van der Waals surface area contributed by atoms with Crippen molar-refractivity contribution < 1.29 is 17.9 Å². The lowest BCUT2D eigenvalue weighted by Gasteiger charge is -2.34. The molecule has 0 saturated heterocycles. The Kier molecular flexibility index (Phi) is 6.28. The molecule has 1 amide bonds. The first-order valence-electron chi connectivity index (χ1n) is 8.73. The molecule has 0 spiro atoms. The van der Waals surface area contributed by atoms with E-state index in [9.17, 15) is 13.2 Å². The molecule has 144 valence electrons. The fourth-order valence-electron chi connectivity index (χ4n) is 2.73. The van der Waals surface area contributed by atoms with Crippen LogP contribution in [-0.4, -0.2) is 45.0 Å². The predicted octanol–water partition coefficient (Wildman–Crippen LogP) is 2.51. The number of amides is 1. The number of rotatable bonds is 7. The van der Waals surface area contributed by atoms with E-state index in [-0.39, 0.29) is 18.2 Å². The molecule has 8 heteroatoms. The molecule has 0 saturated carbocycles. The van der Waals surface area contributed by atoms with Crippen molar-refractivity contribution in [3.8, 4) is 5.75 Å². The smallest absolute Gasteiger partial charge is 0.263 e. The highest BCUT2D eigenvalue weighted by atomic mass is 32.2. The minimum absolute atomic E-state index is 0.0230. The average Bonchev–Trinajstić information content (AvgIpc) is 2.71. The minimum Gasteiger partial charge on any atom is -0.476 e. The number of carbonyl (C=O) groups excluding carboxylic acids is 1. The van der Waals surface area contributed by atoms with Crippen LogP contribution in [0.25, 0.3) is 0 Å². The van der Waals surface area contributed by atoms with Gasteiger partial charge in [0.15, 0.2) is 6.10 Å². The third-order valence-electron chi connectivity index (χ3n) is 4.14. The van der Waals surface area contributed by atoms with Gasteiger partial charge in [0.1, 0.15) is 5.75 Å². The molecule has 0 bridgehead atoms. The van der Waals surface area contributed by atoms with E-state index >= 15 is 0 Å². The highest BCUT2D eigenvalue weighted by Crippen LogP contribution is 2.35. The number of anilines is 1. The van der Waals surface area contributed by atoms with Gasteiger partial charge < -0.3 is 10.1 Å². The summed E-state index contributed by atoms with van der Waals surface area (Å²) < 4.78 is 31.9. The van der Waals surface area contributed by atoms with E-state index in [1.807, 2.05) is 30.3 Å². The van der Waals surface area contributed by atoms with Gasteiger partial charge in [-0.15, -0.1) is 11.8 Å². The number of thioether (sulfide) groups is 1. The molecule has 3 rings (SSSR count). The third kappa shape index (κ3) is 4.75. The van der Waals surface area contributed by atoms with E-state index in [2.05, 4.69) is 5.32 Å². The quantitative estimate of drug-likeness (QED) is 0.565. The lowest BCUT2D eigenvalue weighted by molar-refractivity contribution is -0.127. The Hall–Kier alpha value is -2.19. The van der Waals surface area contributed by atoms with Crippen molar-refractivity contribution in [3.63, 3.8) is 0 Å². The first-order chi connectivity index (χ1) is 13.0. The van der Waals surface area contributed by atoms with Crippen LogP contribution >= 0.6 is 11.8 Å². The highest BCUT2D eigenvalue weighted by molar-refractivity contribution is 7.99. The van der Waals surface area contributed by atoms with Crippen LogP contribution in [0.3, 0.4) is 0 Å². The van der Waals surface area contributed by atoms with Crippen molar-refractivity contribution in [2.75, 3.05) is 28.9 Å². The van der Waals surface area contributed by atoms with Gasteiger partial charge in [-0.25, -0.2) is 8.42 Å². The van der Waals surface area contributed by atoms with Gasteiger partial charge in [-0.1, -0.05) is 30.3 Å². The van der Waals surface area contributed by atoms with Crippen LogP contribution in [0.2, 0.25) is 0 Å². The number of hydrogen-bond acceptors (Lipinski definition) is 5. The number of sulfonamides is 1. The number of fused-ring (bicyclic) bond motifs is 1. The molecule has 0 aromatic heterocycles. The molecule has 2 aromatic rings. The monoisotopic (exact) mass is 406 g/mol. The zero-order chi connectivity index (χ0) is 19.3. The summed E-state index contributed by atoms with van der Waals surface area (Å²) in [5, 5.41) is 2.84. The SMILES string of the molecule is CCS(=O)(=O)N1C[C@@H](C(=O)NCCSc2ccccc2)Oc2ccccc21. The Morgan fingerprint density at radius 2 is 1.89 bits per heavy atom. The van der Waals surface area contributed by atoms with Crippen LogP contribution < -0.4 is 14.4 Å². The second-order valence-electron chi connectivity index (χ2n) is 5.96. The summed E-state index contributed by atoms with van der Waals surface area (Å²) in [4.78, 5) is 13.6. The number of carbonyl (C=O) groups is 1. The summed E-state index contributed by atoms with van der Waals surface area (Å²) in [5.74, 6) is 0.772. The minimum atomic E-state index is -3.49. The van der Waals surface area contributed by atoms with Crippen LogP contribution in [0.4, 0.5) is 5.69 Å². The maximum Gasteiger partial charge on any atom is 0.263 e. The zero-order valence-electron chi connectivity index (χ0n) is 15.0. The normalized spacial score (nSPS) is 16.3. The highest BCUT2D eigenvalue weighted by Gasteiger charge is 2.35. The summed E-state index contributed by atoms with van der Waals surface area (Å²) in [5.41, 5.74) is 0.475. The van der Waals surface area contributed by atoms with E-state index < -0.39 is 16.1 Å². The molecule has 6 nitrogen and oxygen atoms in total. The molecule has 0 aliphatic carbocycles. The van der Waals surface area contributed by atoms with Gasteiger partial charge in [0.2, 0.25) is 10.0 Å². The predicted molar refractivity (Wildman–Crippen MR) is 108 cm³/mol. The van der Waals surface area contributed by atoms with Crippen molar-refractivity contribution >= 4 is 33.4 Å². The number of para-hydroxylation sites is 2. The Balaban J connectivity index is 1.62. The summed E-state index contributed by atoms with van der Waals surface area (Å²) in [6, 6.07) is 16.8. The average molecular weight is 407 g/mol. The largest absolute Gasteiger partial charge is 0.476 e. The van der Waals surface area contributed by atoms with Gasteiger partial charge in [0.05, 0.1) is 18.0 Å². The van der Waals surface area contributed by atoms with E-state index in [4.69, 9.17) is 4.74 Å². The second kappa shape index (κ2) is 8.67. The van der Waals surface area contributed by atoms with Gasteiger partial charge in [-0.05, 0) is 31.2 Å². The molecule has 1 N–H and O–H groups in total. The molecule has 2 aromatic carbocycles. The number of hydrogen-bond donors (Lipinski definition) is 1. The van der Waals surface area contributed by atoms with Crippen molar-refractivity contribution in [1.29, 1.82) is 0 Å². The standard InChI is InChI=1S/C19H22N2O4S2/c1-2-27(23,24)21-14-18(25-17-11-7-6-10-16(17)21)19(22)20-12-13-26-15-8-4-3-5-9-15/h3-11,18H,2,12-14H2,1H3,(H,20,22)/t18-/m0/s1. The lowest BCUT2D eigenvalue weighted by Crippen LogP contribution is -2.51. The summed E-state index contributed by atoms with van der Waals surface area (Å²) in [7, 11) is -3.49. The summed E-state index contributed by atoms with van der Waals surface area (Å²) >= 11 is 1.64. The molecular formula is C19H22N2O4S2. The zero-order valence-corrected chi connectivity index (χ0v) is 16.6. The van der Waals surface area contributed by atoms with Crippen molar-refractivity contribution in [3.05, 3.63) is 54.6 Å². The van der Waals surface area contributed by atoms with E-state index in [1.54, 1.807) is 43.0 Å². The molecule has 27 heavy (non-hydrogen) atoms. The molecule has 0 unspecified atom stereocenters. The summed E-state index contributed by atoms with van der Waals surface area (Å²) in [6.45, 7) is 2.04. The topological polar surface area (TPSA) is 75.7 Å². The van der Waals surface area contributed by atoms with Crippen LogP contribution in [0.5, 0.6) is 5.75 Å². The molecule has 0 fully saturated rings. The Morgan fingerprint density at radius 1 is 1.19 bits per heavy atom. The van der Waals surface area contributed by atoms with Crippen LogP contribution in [-0.2, 0) is 14.8 Å². The summed E-state index contributed by atoms with van der Waals surface area (Å²) in [6.07, 6.45) is -0.872. The molecule has 1 aliphatic rings. The molecular weight excluding hydrogens is 384 g/mol. The van der Waals surface area contributed by atoms with E-state index in [1.165, 1.54) is 4.31 Å². The van der Waals surface area contributed by atoms with Crippen LogP contribution in [0, 0.1) is 0 Å². The van der Waals surface area contributed by atoms with E-state index in [0.717, 1.165) is 10.6 Å². The van der Waals surface area contributed by atoms with Gasteiger partial charge in [0, 0.05) is 17.2 Å². The maximum absolute atomic E-state index is 12.5. The fourth-order valence-corrected chi connectivity index (χ4v) is 4.65. The van der Waals surface area contributed by atoms with Crippen molar-refractivity contribution in [1.82, 2.24) is 5.32 Å². The van der Waals surface area contributed by atoms with Gasteiger partial charge in [-0.3, -0.25) is 9.10 Å². The number of ether oxygens (including phenoxy) is 1. The van der Waals surface area contributed by atoms with Gasteiger partial charge in [-0.2, -0.15) is 0 Å². The number of nitrogens with one attached hydrogen (secondary N) is 1. The maximum atomic E-state index is 12.5. The van der Waals surface area contributed by atoms with Gasteiger partial charge >= 0.3 is 0 Å². The second-order valence-corrected chi connectivity index (χ2v) is 9.31. The van der Waals surface area contributed by atoms with Crippen molar-refractivity contribution in [2.24, 2.45) is 0 Å². The first kappa shape index (κ1) is 19.6. The molecule has 0 radical (unpaired) electrons. The number of benzene rings is 2. The Labute approximate surface area is 164 Å².